The van der Waals surface area contributed by atoms with Crippen LogP contribution in [-0.4, -0.2) is 56.3 Å². The number of rotatable bonds is 4. The zero-order chi connectivity index (χ0) is 9.89. The molecule has 74 valence electrons. The highest BCUT2D eigenvalue weighted by Gasteiger charge is 2.32. The Labute approximate surface area is 68.7 Å². The van der Waals surface area contributed by atoms with Gasteiger partial charge in [0.25, 0.3) is 0 Å². The summed E-state index contributed by atoms with van der Waals surface area (Å²) < 4.78 is 11.9. The first-order valence-electron chi connectivity index (χ1n) is 3.42. The predicted octanol–water partition coefficient (Wildman–Crippen LogP) is -2.26. The summed E-state index contributed by atoms with van der Waals surface area (Å²) in [7, 11) is 0. The highest BCUT2D eigenvalue weighted by atomic mass is 19.1. The fourth-order valence-corrected chi connectivity index (χ4v) is 0.650. The molecular weight excluding hydrogens is 171 g/mol. The molecule has 0 saturated carbocycles. The predicted molar refractivity (Wildman–Crippen MR) is 36.8 cm³/mol. The van der Waals surface area contributed by atoms with Crippen LogP contribution in [-0.2, 0) is 0 Å². The molecule has 12 heavy (non-hydrogen) atoms. The summed E-state index contributed by atoms with van der Waals surface area (Å²) in [6, 6.07) is 0. The maximum Gasteiger partial charge on any atom is 0.225 e. The van der Waals surface area contributed by atoms with Crippen molar-refractivity contribution in [3.63, 3.8) is 0 Å². The lowest BCUT2D eigenvalue weighted by Gasteiger charge is -2.24. The summed E-state index contributed by atoms with van der Waals surface area (Å²) in [5.74, 6) is 0. The molecule has 0 aliphatic carbocycles. The smallest absolute Gasteiger partial charge is 0.225 e. The molecule has 6 heteroatoms. The lowest BCUT2D eigenvalue weighted by atomic mass is 10.0. The van der Waals surface area contributed by atoms with Crippen LogP contribution < -0.4 is 0 Å². The first-order chi connectivity index (χ1) is 5.37. The Morgan fingerprint density at radius 3 is 1.50 bits per heavy atom. The van der Waals surface area contributed by atoms with Crippen molar-refractivity contribution >= 4 is 0 Å². The highest BCUT2D eigenvalue weighted by Crippen LogP contribution is 2.08. The van der Waals surface area contributed by atoms with Gasteiger partial charge in [0.1, 0.15) is 18.3 Å². The van der Waals surface area contributed by atoms with Gasteiger partial charge >= 0.3 is 0 Å². The number of hydrogen-bond acceptors (Lipinski definition) is 5. The molecular formula is C6H13FO5. The van der Waals surface area contributed by atoms with Crippen LogP contribution in [0.2, 0.25) is 0 Å². The Morgan fingerprint density at radius 1 is 0.833 bits per heavy atom. The normalized spacial score (nSPS) is 24.2. The molecule has 1 unspecified atom stereocenters. The first kappa shape index (κ1) is 11.7. The monoisotopic (exact) mass is 184 g/mol. The quantitative estimate of drug-likeness (QED) is 0.339. The summed E-state index contributed by atoms with van der Waals surface area (Å²) in [6.07, 6.45) is -9.67. The molecule has 0 aliphatic rings. The third kappa shape index (κ3) is 3.00. The van der Waals surface area contributed by atoms with E-state index in [9.17, 15) is 4.39 Å². The molecule has 0 bridgehead atoms. The molecule has 0 saturated heterocycles. The Hall–Kier alpha value is -0.270. The minimum absolute atomic E-state index is 1.16. The van der Waals surface area contributed by atoms with Gasteiger partial charge in [-0.2, -0.15) is 0 Å². The van der Waals surface area contributed by atoms with Gasteiger partial charge in [0, 0.05) is 0 Å². The Balaban J connectivity index is 4.08. The summed E-state index contributed by atoms with van der Waals surface area (Å²) >= 11 is 0. The van der Waals surface area contributed by atoms with Crippen LogP contribution in [0.25, 0.3) is 0 Å². The summed E-state index contributed by atoms with van der Waals surface area (Å²) in [4.78, 5) is 0. The zero-order valence-corrected chi connectivity index (χ0v) is 6.50. The first-order valence-corrected chi connectivity index (χ1v) is 3.42. The molecule has 0 aromatic carbocycles. The Kier molecular flexibility index (Phi) is 4.58. The number of alkyl halides is 1. The standard InChI is InChI=1S/C6H13FO5/c1-2(8)3(9)4(10)5(11)6(7)12/h2-6,8-12H,1H3/t2-,3+,4-,5-,6?/m0/s1. The van der Waals surface area contributed by atoms with E-state index in [0.717, 1.165) is 6.92 Å². The SMILES string of the molecule is C[C@H](O)[C@@H](O)[C@H](O)[C@H](O)C(O)F. The van der Waals surface area contributed by atoms with E-state index in [4.69, 9.17) is 25.5 Å². The molecule has 0 aromatic heterocycles. The van der Waals surface area contributed by atoms with Gasteiger partial charge in [0.2, 0.25) is 6.36 Å². The number of aliphatic hydroxyl groups excluding tert-OH is 5. The molecule has 0 heterocycles. The van der Waals surface area contributed by atoms with Crippen LogP contribution in [0.1, 0.15) is 6.92 Å². The second kappa shape index (κ2) is 4.68. The van der Waals surface area contributed by atoms with E-state index in [0.29, 0.717) is 0 Å². The minimum atomic E-state index is -2.65. The molecule has 0 aliphatic heterocycles. The Morgan fingerprint density at radius 2 is 1.25 bits per heavy atom. The fraction of sp³-hybridized carbons (Fsp3) is 1.00. The largest absolute Gasteiger partial charge is 0.391 e. The van der Waals surface area contributed by atoms with Crippen LogP contribution in [0, 0.1) is 0 Å². The maximum atomic E-state index is 11.9. The number of hydrogen-bond donors (Lipinski definition) is 5. The third-order valence-corrected chi connectivity index (χ3v) is 1.48. The second-order valence-corrected chi connectivity index (χ2v) is 2.59. The van der Waals surface area contributed by atoms with E-state index >= 15 is 0 Å². The van der Waals surface area contributed by atoms with Crippen LogP contribution in [0.3, 0.4) is 0 Å². The van der Waals surface area contributed by atoms with Crippen molar-refractivity contribution in [3.8, 4) is 0 Å². The second-order valence-electron chi connectivity index (χ2n) is 2.59. The average Bonchev–Trinajstić information content (AvgIpc) is 2.00. The van der Waals surface area contributed by atoms with Gasteiger partial charge in [0.05, 0.1) is 6.10 Å². The molecule has 0 fully saturated rings. The molecule has 0 spiro atoms. The number of aliphatic hydroxyl groups is 5. The molecule has 0 radical (unpaired) electrons. The van der Waals surface area contributed by atoms with E-state index in [1.54, 1.807) is 0 Å². The van der Waals surface area contributed by atoms with Crippen LogP contribution in [0.4, 0.5) is 4.39 Å². The minimum Gasteiger partial charge on any atom is -0.391 e. The van der Waals surface area contributed by atoms with Gasteiger partial charge in [-0.3, -0.25) is 0 Å². The van der Waals surface area contributed by atoms with E-state index in [2.05, 4.69) is 0 Å². The van der Waals surface area contributed by atoms with Crippen molar-refractivity contribution in [3.05, 3.63) is 0 Å². The summed E-state index contributed by atoms with van der Waals surface area (Å²) in [5, 5.41) is 43.3. The van der Waals surface area contributed by atoms with E-state index in [1.165, 1.54) is 0 Å². The van der Waals surface area contributed by atoms with Gasteiger partial charge in [-0.15, -0.1) is 0 Å². The van der Waals surface area contributed by atoms with Crippen LogP contribution in [0.15, 0.2) is 0 Å². The van der Waals surface area contributed by atoms with E-state index in [-0.39, 0.29) is 0 Å². The lowest BCUT2D eigenvalue weighted by Crippen LogP contribution is -2.47. The summed E-state index contributed by atoms with van der Waals surface area (Å²) in [5.41, 5.74) is 0. The molecule has 0 rings (SSSR count). The summed E-state index contributed by atoms with van der Waals surface area (Å²) in [6.45, 7) is 1.16. The average molecular weight is 184 g/mol. The van der Waals surface area contributed by atoms with Gasteiger partial charge < -0.3 is 25.5 Å². The van der Waals surface area contributed by atoms with E-state index < -0.39 is 30.8 Å². The lowest BCUT2D eigenvalue weighted by molar-refractivity contribution is -0.159. The molecule has 5 atom stereocenters. The maximum absolute atomic E-state index is 11.9. The van der Waals surface area contributed by atoms with Crippen LogP contribution >= 0.6 is 0 Å². The third-order valence-electron chi connectivity index (χ3n) is 1.48. The van der Waals surface area contributed by atoms with Gasteiger partial charge in [-0.25, -0.2) is 4.39 Å². The van der Waals surface area contributed by atoms with Crippen molar-refractivity contribution in [1.29, 1.82) is 0 Å². The molecule has 5 N–H and O–H groups in total. The van der Waals surface area contributed by atoms with Crippen molar-refractivity contribution in [1.82, 2.24) is 0 Å². The Bertz CT molecular complexity index is 115. The number of halogens is 1. The molecule has 5 nitrogen and oxygen atoms in total. The molecule has 0 aromatic rings. The van der Waals surface area contributed by atoms with Crippen molar-refractivity contribution in [2.24, 2.45) is 0 Å². The van der Waals surface area contributed by atoms with Gasteiger partial charge in [-0.1, -0.05) is 0 Å². The van der Waals surface area contributed by atoms with Crippen LogP contribution in [0.5, 0.6) is 0 Å². The zero-order valence-electron chi connectivity index (χ0n) is 6.50. The van der Waals surface area contributed by atoms with E-state index in [1.807, 2.05) is 0 Å². The van der Waals surface area contributed by atoms with Crippen molar-refractivity contribution in [2.75, 3.05) is 0 Å². The van der Waals surface area contributed by atoms with Gasteiger partial charge in [-0.05, 0) is 6.92 Å². The topological polar surface area (TPSA) is 101 Å². The molecule has 0 amide bonds. The highest BCUT2D eigenvalue weighted by molar-refractivity contribution is 4.79. The van der Waals surface area contributed by atoms with Crippen molar-refractivity contribution in [2.45, 2.75) is 37.7 Å². The van der Waals surface area contributed by atoms with Gasteiger partial charge in [0.15, 0.2) is 0 Å². The van der Waals surface area contributed by atoms with Crippen molar-refractivity contribution < 1.29 is 29.9 Å². The fourth-order valence-electron chi connectivity index (χ4n) is 0.650.